The summed E-state index contributed by atoms with van der Waals surface area (Å²) in [4.78, 5) is 0. The highest BCUT2D eigenvalue weighted by atomic mass is 16.5. The van der Waals surface area contributed by atoms with Crippen molar-refractivity contribution in [2.24, 2.45) is 5.92 Å². The summed E-state index contributed by atoms with van der Waals surface area (Å²) in [5.41, 5.74) is 0.299. The summed E-state index contributed by atoms with van der Waals surface area (Å²) in [5, 5.41) is 3.66. The SMILES string of the molecule is CC(C)CNC1CCOC2(CCC2)C1. The van der Waals surface area contributed by atoms with Gasteiger partial charge in [0.15, 0.2) is 0 Å². The molecular weight excluding hydrogens is 174 g/mol. The minimum absolute atomic E-state index is 0.299. The molecule has 0 aromatic heterocycles. The maximum Gasteiger partial charge on any atom is 0.0697 e. The highest BCUT2D eigenvalue weighted by molar-refractivity contribution is 4.95. The molecule has 1 unspecified atom stereocenters. The van der Waals surface area contributed by atoms with Gasteiger partial charge in [0.25, 0.3) is 0 Å². The van der Waals surface area contributed by atoms with E-state index in [-0.39, 0.29) is 0 Å². The van der Waals surface area contributed by atoms with Gasteiger partial charge >= 0.3 is 0 Å². The van der Waals surface area contributed by atoms with E-state index in [9.17, 15) is 0 Å². The van der Waals surface area contributed by atoms with Crippen molar-refractivity contribution in [2.45, 2.75) is 57.6 Å². The molecule has 0 amide bonds. The molecule has 0 aromatic rings. The summed E-state index contributed by atoms with van der Waals surface area (Å²) in [5.74, 6) is 0.759. The Morgan fingerprint density at radius 3 is 2.79 bits per heavy atom. The number of hydrogen-bond acceptors (Lipinski definition) is 2. The molecule has 0 radical (unpaired) electrons. The normalized spacial score (nSPS) is 30.6. The Labute approximate surface area is 87.4 Å². The maximum atomic E-state index is 5.90. The van der Waals surface area contributed by atoms with Gasteiger partial charge in [0.2, 0.25) is 0 Å². The number of ether oxygens (including phenoxy) is 1. The van der Waals surface area contributed by atoms with E-state index >= 15 is 0 Å². The largest absolute Gasteiger partial charge is 0.375 e. The van der Waals surface area contributed by atoms with E-state index in [0.29, 0.717) is 11.6 Å². The highest BCUT2D eigenvalue weighted by Crippen LogP contribution is 2.42. The molecule has 1 spiro atoms. The second-order valence-electron chi connectivity index (χ2n) is 5.38. The van der Waals surface area contributed by atoms with E-state index in [1.807, 2.05) is 0 Å². The van der Waals surface area contributed by atoms with Crippen LogP contribution in [-0.4, -0.2) is 24.8 Å². The van der Waals surface area contributed by atoms with Crippen molar-refractivity contribution < 1.29 is 4.74 Å². The Morgan fingerprint density at radius 1 is 1.43 bits per heavy atom. The topological polar surface area (TPSA) is 21.3 Å². The van der Waals surface area contributed by atoms with Crippen LogP contribution in [-0.2, 0) is 4.74 Å². The first-order valence-corrected chi connectivity index (χ1v) is 6.08. The van der Waals surface area contributed by atoms with Crippen LogP contribution >= 0.6 is 0 Å². The van der Waals surface area contributed by atoms with Crippen LogP contribution in [0.5, 0.6) is 0 Å². The molecule has 2 heteroatoms. The standard InChI is InChI=1S/C12H23NO/c1-10(2)9-13-11-4-7-14-12(8-11)5-3-6-12/h10-11,13H,3-9H2,1-2H3. The van der Waals surface area contributed by atoms with Crippen LogP contribution in [0.3, 0.4) is 0 Å². The van der Waals surface area contributed by atoms with Gasteiger partial charge in [-0.3, -0.25) is 0 Å². The van der Waals surface area contributed by atoms with Gasteiger partial charge in [0.1, 0.15) is 0 Å². The number of rotatable bonds is 3. The smallest absolute Gasteiger partial charge is 0.0697 e. The number of nitrogens with one attached hydrogen (secondary N) is 1. The van der Waals surface area contributed by atoms with Gasteiger partial charge in [-0.15, -0.1) is 0 Å². The maximum absolute atomic E-state index is 5.90. The second kappa shape index (κ2) is 4.19. The van der Waals surface area contributed by atoms with Crippen molar-refractivity contribution >= 4 is 0 Å². The lowest BCUT2D eigenvalue weighted by Crippen LogP contribution is -2.51. The lowest BCUT2D eigenvalue weighted by molar-refractivity contribution is -0.135. The molecule has 2 nitrogen and oxygen atoms in total. The summed E-state index contributed by atoms with van der Waals surface area (Å²) >= 11 is 0. The fourth-order valence-corrected chi connectivity index (χ4v) is 2.52. The lowest BCUT2D eigenvalue weighted by atomic mass is 9.74. The van der Waals surface area contributed by atoms with E-state index in [1.165, 1.54) is 32.1 Å². The molecular formula is C12H23NO. The lowest BCUT2D eigenvalue weighted by Gasteiger charge is -2.47. The van der Waals surface area contributed by atoms with E-state index in [4.69, 9.17) is 4.74 Å². The molecule has 1 aliphatic carbocycles. The molecule has 2 rings (SSSR count). The van der Waals surface area contributed by atoms with Crippen molar-refractivity contribution in [1.29, 1.82) is 0 Å². The molecule has 82 valence electrons. The van der Waals surface area contributed by atoms with Gasteiger partial charge in [-0.25, -0.2) is 0 Å². The average Bonchev–Trinajstić information content (AvgIpc) is 2.13. The molecule has 1 saturated heterocycles. The van der Waals surface area contributed by atoms with Crippen molar-refractivity contribution in [2.75, 3.05) is 13.2 Å². The number of hydrogen-bond donors (Lipinski definition) is 1. The van der Waals surface area contributed by atoms with Gasteiger partial charge in [0, 0.05) is 12.6 Å². The van der Waals surface area contributed by atoms with Gasteiger partial charge in [0.05, 0.1) is 5.60 Å². The molecule has 1 heterocycles. The van der Waals surface area contributed by atoms with Crippen LogP contribution in [0.25, 0.3) is 0 Å². The van der Waals surface area contributed by atoms with Gasteiger partial charge in [-0.2, -0.15) is 0 Å². The Hall–Kier alpha value is -0.0800. The van der Waals surface area contributed by atoms with Crippen molar-refractivity contribution in [3.05, 3.63) is 0 Å². The third-order valence-corrected chi connectivity index (χ3v) is 3.57. The molecule has 14 heavy (non-hydrogen) atoms. The molecule has 1 atom stereocenters. The van der Waals surface area contributed by atoms with Gasteiger partial charge in [-0.1, -0.05) is 13.8 Å². The zero-order chi connectivity index (χ0) is 10.0. The molecule has 0 bridgehead atoms. The first kappa shape index (κ1) is 10.4. The predicted octanol–water partition coefficient (Wildman–Crippen LogP) is 2.33. The summed E-state index contributed by atoms with van der Waals surface area (Å²) in [7, 11) is 0. The van der Waals surface area contributed by atoms with Crippen LogP contribution in [0.2, 0.25) is 0 Å². The van der Waals surface area contributed by atoms with Crippen LogP contribution < -0.4 is 5.32 Å². The van der Waals surface area contributed by atoms with E-state index in [0.717, 1.165) is 19.1 Å². The summed E-state index contributed by atoms with van der Waals surface area (Å²) in [6, 6.07) is 0.714. The molecule has 0 aromatic carbocycles. The molecule has 1 N–H and O–H groups in total. The molecule has 2 aliphatic rings. The first-order chi connectivity index (χ1) is 6.70. The zero-order valence-electron chi connectivity index (χ0n) is 9.51. The average molecular weight is 197 g/mol. The van der Waals surface area contributed by atoms with Crippen molar-refractivity contribution in [3.8, 4) is 0 Å². The Morgan fingerprint density at radius 2 is 2.21 bits per heavy atom. The summed E-state index contributed by atoms with van der Waals surface area (Å²) in [6.45, 7) is 6.66. The third-order valence-electron chi connectivity index (χ3n) is 3.57. The minimum atomic E-state index is 0.299. The monoisotopic (exact) mass is 197 g/mol. The van der Waals surface area contributed by atoms with Gasteiger partial charge < -0.3 is 10.1 Å². The summed E-state index contributed by atoms with van der Waals surface area (Å²) in [6.07, 6.45) is 6.42. The quantitative estimate of drug-likeness (QED) is 0.750. The van der Waals surface area contributed by atoms with Crippen molar-refractivity contribution in [1.82, 2.24) is 5.32 Å². The fraction of sp³-hybridized carbons (Fsp3) is 1.00. The second-order valence-corrected chi connectivity index (χ2v) is 5.38. The summed E-state index contributed by atoms with van der Waals surface area (Å²) < 4.78 is 5.90. The van der Waals surface area contributed by atoms with Gasteiger partial charge in [-0.05, 0) is 44.6 Å². The zero-order valence-corrected chi connectivity index (χ0v) is 9.51. The molecule has 1 aliphatic heterocycles. The van der Waals surface area contributed by atoms with Crippen LogP contribution in [0.15, 0.2) is 0 Å². The minimum Gasteiger partial charge on any atom is -0.375 e. The Balaban J connectivity index is 1.76. The van der Waals surface area contributed by atoms with Crippen LogP contribution in [0, 0.1) is 5.92 Å². The first-order valence-electron chi connectivity index (χ1n) is 6.08. The van der Waals surface area contributed by atoms with Crippen LogP contribution in [0.1, 0.15) is 46.0 Å². The predicted molar refractivity (Wildman–Crippen MR) is 58.4 cm³/mol. The van der Waals surface area contributed by atoms with E-state index in [1.54, 1.807) is 0 Å². The molecule has 1 saturated carbocycles. The highest BCUT2D eigenvalue weighted by Gasteiger charge is 2.42. The fourth-order valence-electron chi connectivity index (χ4n) is 2.52. The van der Waals surface area contributed by atoms with Crippen molar-refractivity contribution in [3.63, 3.8) is 0 Å². The Bertz CT molecular complexity index is 187. The molecule has 2 fully saturated rings. The van der Waals surface area contributed by atoms with E-state index in [2.05, 4.69) is 19.2 Å². The van der Waals surface area contributed by atoms with E-state index < -0.39 is 0 Å². The Kier molecular flexibility index (Phi) is 3.13. The van der Waals surface area contributed by atoms with Crippen LogP contribution in [0.4, 0.5) is 0 Å². The third kappa shape index (κ3) is 2.29.